The predicted octanol–water partition coefficient (Wildman–Crippen LogP) is 2.53. The van der Waals surface area contributed by atoms with Gasteiger partial charge in [-0.2, -0.15) is 9.97 Å². The van der Waals surface area contributed by atoms with Crippen molar-refractivity contribution in [2.45, 2.75) is 60.2 Å². The molecule has 0 saturated heterocycles. The maximum atomic E-state index is 13.8. The second-order valence-electron chi connectivity index (χ2n) is 10.2. The highest BCUT2D eigenvalue weighted by molar-refractivity contribution is 7.59. The highest BCUT2D eigenvalue weighted by Gasteiger charge is 2.32. The van der Waals surface area contributed by atoms with Gasteiger partial charge < -0.3 is 29.8 Å². The number of carbonyl (C=O) groups excluding carboxylic acids is 2. The number of nitrogens with two attached hydrogens (primary N) is 1. The Kier molecular flexibility index (Phi) is 13.0. The summed E-state index contributed by atoms with van der Waals surface area (Å²) >= 11 is 0. The van der Waals surface area contributed by atoms with Crippen LogP contribution in [0.15, 0.2) is 19.0 Å². The van der Waals surface area contributed by atoms with Gasteiger partial charge in [-0.25, -0.2) is 15.2 Å². The van der Waals surface area contributed by atoms with Gasteiger partial charge in [0.15, 0.2) is 17.0 Å². The average molecular weight is 583 g/mol. The number of hydrogen-bond acceptors (Lipinski definition) is 11. The number of esters is 2. The summed E-state index contributed by atoms with van der Waals surface area (Å²) in [7, 11) is -3.63. The zero-order valence-electron chi connectivity index (χ0n) is 24.2. The van der Waals surface area contributed by atoms with Crippen LogP contribution in [0.5, 0.6) is 0 Å². The smallest absolute Gasteiger partial charge is 0.323 e. The number of fused-ring (bicyclic) bond motifs is 1. The molecule has 2 rings (SSSR count). The first-order valence-electron chi connectivity index (χ1n) is 13.2. The fraction of sp³-hybridized carbons (Fsp3) is 0.640. The molecule has 0 aliphatic carbocycles. The molecule has 2 atom stereocenters. The van der Waals surface area contributed by atoms with Crippen LogP contribution in [0.4, 0.5) is 11.8 Å². The van der Waals surface area contributed by atoms with Gasteiger partial charge in [0.25, 0.3) is 0 Å². The summed E-state index contributed by atoms with van der Waals surface area (Å²) in [5, 5.41) is 8.66. The van der Waals surface area contributed by atoms with Gasteiger partial charge in [-0.05, 0) is 25.7 Å². The summed E-state index contributed by atoms with van der Waals surface area (Å²) in [5.41, 5.74) is 6.90. The van der Waals surface area contributed by atoms with Gasteiger partial charge in [-0.3, -0.25) is 14.2 Å². The third kappa shape index (κ3) is 10.5. The third-order valence-electron chi connectivity index (χ3n) is 5.27. The molecule has 2 heterocycles. The van der Waals surface area contributed by atoms with E-state index in [1.165, 1.54) is 0 Å². The molecular formula is C25H43N8O6P. The molecule has 15 heteroatoms. The summed E-state index contributed by atoms with van der Waals surface area (Å²) in [6.45, 7) is 15.8. The fourth-order valence-electron chi connectivity index (χ4n) is 3.36. The van der Waals surface area contributed by atoms with Gasteiger partial charge in [0.05, 0.1) is 26.1 Å². The Hall–Kier alpha value is -3.06. The zero-order chi connectivity index (χ0) is 29.9. The predicted molar refractivity (Wildman–Crippen MR) is 154 cm³/mol. The van der Waals surface area contributed by atoms with E-state index >= 15 is 0 Å². The molecule has 0 radical (unpaired) electrons. The molecule has 0 fully saturated rings. The number of nitrogens with one attached hydrogen (secondary N) is 3. The van der Waals surface area contributed by atoms with E-state index in [-0.39, 0.29) is 44.0 Å². The standard InChI is InChI=1S/C25H43N8O6P/c1-8-9-27-21-20-22(30-25(26)29-21)33(14-28-20)10-11-37-15-40(36,31-18(6)23(34)38-12-16(2)3)32-19(7)24(35)39-13-17(4)5/h8,14,16-19H,1,9-13,15H2,2-7H3,(H2,31,32,36)(H3,26,27,29,30). The topological polar surface area (TPSA) is 185 Å². The first-order valence-corrected chi connectivity index (χ1v) is 15.1. The molecular weight excluding hydrogens is 539 g/mol. The third-order valence-corrected chi connectivity index (χ3v) is 7.43. The summed E-state index contributed by atoms with van der Waals surface area (Å²) in [6.07, 6.45) is 2.95. The van der Waals surface area contributed by atoms with Crippen LogP contribution in [-0.4, -0.2) is 76.3 Å². The van der Waals surface area contributed by atoms with Crippen LogP contribution in [0, 0.1) is 11.8 Å². The van der Waals surface area contributed by atoms with Crippen molar-refractivity contribution in [3.05, 3.63) is 19.0 Å². The molecule has 2 aromatic heterocycles. The van der Waals surface area contributed by atoms with E-state index in [1.807, 2.05) is 27.7 Å². The maximum absolute atomic E-state index is 13.8. The largest absolute Gasteiger partial charge is 0.464 e. The minimum absolute atomic E-state index is 0.0799. The van der Waals surface area contributed by atoms with Gasteiger partial charge >= 0.3 is 11.9 Å². The van der Waals surface area contributed by atoms with Crippen molar-refractivity contribution in [3.63, 3.8) is 0 Å². The van der Waals surface area contributed by atoms with E-state index in [9.17, 15) is 14.2 Å². The number of ether oxygens (including phenoxy) is 3. The van der Waals surface area contributed by atoms with Crippen molar-refractivity contribution >= 4 is 42.3 Å². The Bertz CT molecular complexity index is 1150. The lowest BCUT2D eigenvalue weighted by molar-refractivity contribution is -0.146. The average Bonchev–Trinajstić information content (AvgIpc) is 3.29. The Morgan fingerprint density at radius 2 is 1.62 bits per heavy atom. The number of hydrogen-bond donors (Lipinski definition) is 4. The highest BCUT2D eigenvalue weighted by Crippen LogP contribution is 2.37. The Morgan fingerprint density at radius 3 is 2.15 bits per heavy atom. The first kappa shape index (κ1) is 33.1. The minimum Gasteiger partial charge on any atom is -0.464 e. The van der Waals surface area contributed by atoms with Crippen LogP contribution < -0.4 is 21.2 Å². The van der Waals surface area contributed by atoms with Gasteiger partial charge in [0.1, 0.15) is 18.4 Å². The second kappa shape index (κ2) is 15.7. The molecule has 0 saturated carbocycles. The summed E-state index contributed by atoms with van der Waals surface area (Å²) in [4.78, 5) is 37.7. The van der Waals surface area contributed by atoms with E-state index in [2.05, 4.69) is 37.0 Å². The first-order chi connectivity index (χ1) is 18.8. The molecule has 14 nitrogen and oxygen atoms in total. The zero-order valence-corrected chi connectivity index (χ0v) is 25.1. The van der Waals surface area contributed by atoms with Crippen LogP contribution in [-0.2, 0) is 34.9 Å². The van der Waals surface area contributed by atoms with Gasteiger partial charge in [0, 0.05) is 13.1 Å². The van der Waals surface area contributed by atoms with Crippen LogP contribution in [0.1, 0.15) is 41.5 Å². The summed E-state index contributed by atoms with van der Waals surface area (Å²) < 4.78 is 31.9. The maximum Gasteiger partial charge on any atom is 0.323 e. The number of nitrogens with zero attached hydrogens (tertiary/aromatic N) is 4. The number of rotatable bonds is 18. The molecule has 2 unspecified atom stereocenters. The highest BCUT2D eigenvalue weighted by atomic mass is 31.2. The normalized spacial score (nSPS) is 14.6. The van der Waals surface area contributed by atoms with Crippen LogP contribution >= 0.6 is 7.44 Å². The summed E-state index contributed by atoms with van der Waals surface area (Å²) in [6, 6.07) is -1.84. The Labute approximate surface area is 235 Å². The minimum atomic E-state index is -3.63. The van der Waals surface area contributed by atoms with E-state index in [4.69, 9.17) is 19.9 Å². The van der Waals surface area contributed by atoms with Crippen molar-refractivity contribution in [3.8, 4) is 0 Å². The molecule has 0 bridgehead atoms. The van der Waals surface area contributed by atoms with Crippen molar-refractivity contribution in [2.24, 2.45) is 11.8 Å². The molecule has 40 heavy (non-hydrogen) atoms. The molecule has 0 aliphatic heterocycles. The number of aromatic nitrogens is 4. The van der Waals surface area contributed by atoms with Crippen molar-refractivity contribution in [1.82, 2.24) is 29.7 Å². The second-order valence-corrected chi connectivity index (χ2v) is 12.5. The number of imidazole rings is 1. The van der Waals surface area contributed by atoms with Crippen molar-refractivity contribution in [1.29, 1.82) is 0 Å². The van der Waals surface area contributed by atoms with E-state index in [0.29, 0.717) is 30.1 Å². The summed E-state index contributed by atoms with van der Waals surface area (Å²) in [5.74, 6) is -0.265. The number of anilines is 2. The molecule has 5 N–H and O–H groups in total. The van der Waals surface area contributed by atoms with Gasteiger partial charge in [0.2, 0.25) is 13.4 Å². The SMILES string of the molecule is C=CCNc1nc(N)nc2c1ncn2CCOCP(=O)(NC(C)C(=O)OCC(C)C)NC(C)C(=O)OCC(C)C. The Balaban J connectivity index is 2.09. The van der Waals surface area contributed by atoms with E-state index in [1.54, 1.807) is 30.8 Å². The molecule has 0 amide bonds. The van der Waals surface area contributed by atoms with Crippen LogP contribution in [0.3, 0.4) is 0 Å². The van der Waals surface area contributed by atoms with Crippen LogP contribution in [0.25, 0.3) is 11.2 Å². The molecule has 2 aromatic rings. The van der Waals surface area contributed by atoms with Gasteiger partial charge in [-0.1, -0.05) is 33.8 Å². The quantitative estimate of drug-likeness (QED) is 0.0871. The number of carbonyl (C=O) groups is 2. The van der Waals surface area contributed by atoms with Gasteiger partial charge in [-0.15, -0.1) is 6.58 Å². The molecule has 224 valence electrons. The fourth-order valence-corrected chi connectivity index (χ4v) is 5.44. The van der Waals surface area contributed by atoms with Crippen molar-refractivity contribution < 1.29 is 28.4 Å². The molecule has 0 aromatic carbocycles. The van der Waals surface area contributed by atoms with E-state index < -0.39 is 31.5 Å². The van der Waals surface area contributed by atoms with Crippen LogP contribution in [0.2, 0.25) is 0 Å². The Morgan fingerprint density at radius 1 is 1.05 bits per heavy atom. The molecule has 0 aliphatic rings. The monoisotopic (exact) mass is 582 g/mol. The lowest BCUT2D eigenvalue weighted by Crippen LogP contribution is -2.43. The number of nitrogen functional groups attached to an aromatic ring is 1. The lowest BCUT2D eigenvalue weighted by atomic mass is 10.2. The molecule has 0 spiro atoms. The lowest BCUT2D eigenvalue weighted by Gasteiger charge is -2.26. The van der Waals surface area contributed by atoms with E-state index in [0.717, 1.165) is 0 Å². The van der Waals surface area contributed by atoms with Crippen molar-refractivity contribution in [2.75, 3.05) is 43.8 Å².